The summed E-state index contributed by atoms with van der Waals surface area (Å²) in [5.41, 5.74) is 4.50. The van der Waals surface area contributed by atoms with Crippen molar-refractivity contribution < 1.29 is 14.6 Å². The van der Waals surface area contributed by atoms with Gasteiger partial charge in [-0.25, -0.2) is 0 Å². The molecular weight excluding hydrogens is 342 g/mol. The number of methoxy groups -OCH3 is 2. The van der Waals surface area contributed by atoms with Crippen LogP contribution in [0.15, 0.2) is 54.7 Å². The summed E-state index contributed by atoms with van der Waals surface area (Å²) in [4.78, 5) is 0. The number of fused-ring (bicyclic) bond motifs is 1. The summed E-state index contributed by atoms with van der Waals surface area (Å²) in [5.74, 6) is 1.98. The van der Waals surface area contributed by atoms with Crippen LogP contribution in [-0.4, -0.2) is 33.9 Å². The number of ether oxygens (including phenoxy) is 2. The van der Waals surface area contributed by atoms with E-state index in [2.05, 4.69) is 10.2 Å². The number of hydrogen-bond acceptors (Lipinski definition) is 5. The Morgan fingerprint density at radius 2 is 1.63 bits per heavy atom. The first-order chi connectivity index (χ1) is 13.1. The van der Waals surface area contributed by atoms with Gasteiger partial charge in [-0.1, -0.05) is 12.1 Å². The highest BCUT2D eigenvalue weighted by Gasteiger charge is 2.14. The molecule has 0 aliphatic rings. The lowest BCUT2D eigenvalue weighted by Crippen LogP contribution is -1.95. The van der Waals surface area contributed by atoms with Gasteiger partial charge in [0.1, 0.15) is 5.75 Å². The van der Waals surface area contributed by atoms with Crippen LogP contribution in [0, 0.1) is 6.92 Å². The SMILES string of the molecule is COc1ccc(-c2ccc3nnc(-c4ccc(C)cc4OC)n3c2)cc1O. The van der Waals surface area contributed by atoms with Crippen LogP contribution in [0.2, 0.25) is 0 Å². The van der Waals surface area contributed by atoms with Crippen LogP contribution >= 0.6 is 0 Å². The van der Waals surface area contributed by atoms with Crippen molar-refractivity contribution in [1.82, 2.24) is 14.6 Å². The van der Waals surface area contributed by atoms with Crippen molar-refractivity contribution in [3.63, 3.8) is 0 Å². The first kappa shape index (κ1) is 16.9. The number of pyridine rings is 1. The van der Waals surface area contributed by atoms with Gasteiger partial charge >= 0.3 is 0 Å². The van der Waals surface area contributed by atoms with Gasteiger partial charge in [-0.3, -0.25) is 4.40 Å². The summed E-state index contributed by atoms with van der Waals surface area (Å²) in [5, 5.41) is 18.7. The molecule has 0 radical (unpaired) electrons. The maximum atomic E-state index is 10.1. The monoisotopic (exact) mass is 361 g/mol. The van der Waals surface area contributed by atoms with E-state index in [1.165, 1.54) is 7.11 Å². The molecule has 0 atom stereocenters. The highest BCUT2D eigenvalue weighted by molar-refractivity contribution is 5.71. The third-order valence-electron chi connectivity index (χ3n) is 4.51. The van der Waals surface area contributed by atoms with Crippen molar-refractivity contribution in [2.24, 2.45) is 0 Å². The molecule has 0 unspecified atom stereocenters. The lowest BCUT2D eigenvalue weighted by molar-refractivity contribution is 0.373. The fourth-order valence-corrected chi connectivity index (χ4v) is 3.10. The van der Waals surface area contributed by atoms with Crippen LogP contribution in [0.25, 0.3) is 28.2 Å². The van der Waals surface area contributed by atoms with Gasteiger partial charge in [-0.2, -0.15) is 0 Å². The molecule has 1 N–H and O–H groups in total. The zero-order valence-electron chi connectivity index (χ0n) is 15.3. The summed E-state index contributed by atoms with van der Waals surface area (Å²) in [6, 6.07) is 15.1. The van der Waals surface area contributed by atoms with E-state index in [4.69, 9.17) is 9.47 Å². The van der Waals surface area contributed by atoms with Crippen molar-refractivity contribution in [3.05, 3.63) is 60.3 Å². The average Bonchev–Trinajstić information content (AvgIpc) is 3.10. The first-order valence-electron chi connectivity index (χ1n) is 8.48. The minimum absolute atomic E-state index is 0.0966. The van der Waals surface area contributed by atoms with Crippen LogP contribution in [0.1, 0.15) is 5.56 Å². The fourth-order valence-electron chi connectivity index (χ4n) is 3.10. The van der Waals surface area contributed by atoms with Gasteiger partial charge in [-0.05, 0) is 60.0 Å². The molecule has 4 aromatic rings. The molecule has 4 rings (SSSR count). The van der Waals surface area contributed by atoms with Crippen molar-refractivity contribution in [2.45, 2.75) is 6.92 Å². The number of aromatic nitrogens is 3. The number of phenolic OH excluding ortho intramolecular Hbond substituents is 1. The quantitative estimate of drug-likeness (QED) is 0.593. The van der Waals surface area contributed by atoms with Crippen molar-refractivity contribution in [1.29, 1.82) is 0 Å². The Bertz CT molecular complexity index is 1130. The van der Waals surface area contributed by atoms with Crippen LogP contribution in [0.5, 0.6) is 17.2 Å². The Balaban J connectivity index is 1.86. The van der Waals surface area contributed by atoms with Crippen molar-refractivity contribution >= 4 is 5.65 Å². The minimum atomic E-state index is 0.0966. The molecule has 0 fully saturated rings. The number of aromatic hydroxyl groups is 1. The molecule has 27 heavy (non-hydrogen) atoms. The van der Waals surface area contributed by atoms with Gasteiger partial charge in [0.15, 0.2) is 23.0 Å². The third-order valence-corrected chi connectivity index (χ3v) is 4.51. The van der Waals surface area contributed by atoms with Gasteiger partial charge in [0.25, 0.3) is 0 Å². The molecule has 6 nitrogen and oxygen atoms in total. The summed E-state index contributed by atoms with van der Waals surface area (Å²) < 4.78 is 12.6. The summed E-state index contributed by atoms with van der Waals surface area (Å²) in [7, 11) is 3.17. The Morgan fingerprint density at radius 3 is 2.37 bits per heavy atom. The second-order valence-corrected chi connectivity index (χ2v) is 6.26. The van der Waals surface area contributed by atoms with Gasteiger partial charge in [0, 0.05) is 6.20 Å². The molecule has 0 amide bonds. The molecule has 0 saturated heterocycles. The maximum absolute atomic E-state index is 10.1. The van der Waals surface area contributed by atoms with Gasteiger partial charge < -0.3 is 14.6 Å². The van der Waals surface area contributed by atoms with Crippen LogP contribution < -0.4 is 9.47 Å². The number of hydrogen-bond donors (Lipinski definition) is 1. The molecule has 2 aromatic carbocycles. The Hall–Kier alpha value is -3.54. The number of phenols is 1. The van der Waals surface area contributed by atoms with E-state index >= 15 is 0 Å². The van der Waals surface area contributed by atoms with Gasteiger partial charge in [-0.15, -0.1) is 10.2 Å². The second kappa shape index (κ2) is 6.64. The molecule has 2 heterocycles. The van der Waals surface area contributed by atoms with Crippen molar-refractivity contribution in [2.75, 3.05) is 14.2 Å². The summed E-state index contributed by atoms with van der Waals surface area (Å²) in [6.45, 7) is 2.02. The number of nitrogens with zero attached hydrogens (tertiary/aromatic N) is 3. The first-order valence-corrected chi connectivity index (χ1v) is 8.48. The van der Waals surface area contributed by atoms with Crippen LogP contribution in [0.3, 0.4) is 0 Å². The molecule has 136 valence electrons. The van der Waals surface area contributed by atoms with Crippen LogP contribution in [0.4, 0.5) is 0 Å². The zero-order chi connectivity index (χ0) is 19.0. The van der Waals surface area contributed by atoms with Crippen molar-refractivity contribution in [3.8, 4) is 39.8 Å². The van der Waals surface area contributed by atoms with E-state index in [0.717, 1.165) is 33.7 Å². The zero-order valence-corrected chi connectivity index (χ0v) is 15.3. The Morgan fingerprint density at radius 1 is 0.852 bits per heavy atom. The molecule has 0 spiro atoms. The van der Waals surface area contributed by atoms with Crippen LogP contribution in [-0.2, 0) is 0 Å². The predicted octanol–water partition coefficient (Wildman–Crippen LogP) is 4.09. The molecule has 0 aliphatic heterocycles. The normalized spacial score (nSPS) is 10.9. The van der Waals surface area contributed by atoms with E-state index in [9.17, 15) is 5.11 Å². The smallest absolute Gasteiger partial charge is 0.172 e. The molecule has 0 saturated carbocycles. The number of benzene rings is 2. The maximum Gasteiger partial charge on any atom is 0.172 e. The van der Waals surface area contributed by atoms with E-state index < -0.39 is 0 Å². The number of aryl methyl sites for hydroxylation is 1. The molecule has 2 aromatic heterocycles. The summed E-state index contributed by atoms with van der Waals surface area (Å²) >= 11 is 0. The minimum Gasteiger partial charge on any atom is -0.504 e. The topological polar surface area (TPSA) is 68.9 Å². The molecule has 6 heteroatoms. The fraction of sp³-hybridized carbons (Fsp3) is 0.143. The highest BCUT2D eigenvalue weighted by Crippen LogP contribution is 2.33. The number of rotatable bonds is 4. The Labute approximate surface area is 156 Å². The lowest BCUT2D eigenvalue weighted by Gasteiger charge is -2.10. The van der Waals surface area contributed by atoms with E-state index in [1.54, 1.807) is 19.2 Å². The van der Waals surface area contributed by atoms with E-state index in [0.29, 0.717) is 11.6 Å². The third kappa shape index (κ3) is 2.95. The summed E-state index contributed by atoms with van der Waals surface area (Å²) in [6.07, 6.45) is 1.95. The predicted molar refractivity (Wildman–Crippen MR) is 103 cm³/mol. The Kier molecular flexibility index (Phi) is 4.16. The van der Waals surface area contributed by atoms with Gasteiger partial charge in [0.2, 0.25) is 0 Å². The van der Waals surface area contributed by atoms with E-state index in [-0.39, 0.29) is 5.75 Å². The molecule has 0 bridgehead atoms. The molecular formula is C21H19N3O3. The average molecular weight is 361 g/mol. The lowest BCUT2D eigenvalue weighted by atomic mass is 10.1. The molecule has 0 aliphatic carbocycles. The largest absolute Gasteiger partial charge is 0.504 e. The van der Waals surface area contributed by atoms with Gasteiger partial charge in [0.05, 0.1) is 19.8 Å². The van der Waals surface area contributed by atoms with E-state index in [1.807, 2.05) is 53.9 Å². The standard InChI is InChI=1S/C21H19N3O3/c1-13-4-7-16(19(10-13)27-3)21-23-22-20-9-6-15(12-24(20)21)14-5-8-18(26-2)17(25)11-14/h4-12,25H,1-3H3. The second-order valence-electron chi connectivity index (χ2n) is 6.26. The highest BCUT2D eigenvalue weighted by atomic mass is 16.5.